The molecule has 18 heavy (non-hydrogen) atoms. The highest BCUT2D eigenvalue weighted by Crippen LogP contribution is 2.35. The Morgan fingerprint density at radius 1 is 1.44 bits per heavy atom. The van der Waals surface area contributed by atoms with Gasteiger partial charge < -0.3 is 10.1 Å². The molecule has 3 heteroatoms. The average Bonchev–Trinajstić information content (AvgIpc) is 2.25. The lowest BCUT2D eigenvalue weighted by Gasteiger charge is -2.37. The molecule has 0 saturated heterocycles. The molecule has 1 aliphatic rings. The standard InChI is InChI=1S/C15H29NO2/c1-11(2)9-13(14(17)18-5)16-12-7-6-8-15(3,4)10-12/h11-13,16H,6-10H2,1-5H3. The third-order valence-electron chi connectivity index (χ3n) is 3.83. The zero-order chi connectivity index (χ0) is 13.8. The van der Waals surface area contributed by atoms with Crippen LogP contribution in [-0.2, 0) is 9.53 Å². The number of carbonyl (C=O) groups is 1. The molecule has 1 N–H and O–H groups in total. The Kier molecular flexibility index (Phi) is 5.64. The second-order valence-corrected chi connectivity index (χ2v) is 6.83. The van der Waals surface area contributed by atoms with Crippen LogP contribution in [0.1, 0.15) is 59.8 Å². The summed E-state index contributed by atoms with van der Waals surface area (Å²) in [5.41, 5.74) is 0.397. The number of rotatable bonds is 5. The molecule has 106 valence electrons. The summed E-state index contributed by atoms with van der Waals surface area (Å²) in [5.74, 6) is 0.380. The summed E-state index contributed by atoms with van der Waals surface area (Å²) < 4.78 is 4.91. The van der Waals surface area contributed by atoms with Gasteiger partial charge in [0.05, 0.1) is 7.11 Å². The fraction of sp³-hybridized carbons (Fsp3) is 0.933. The smallest absolute Gasteiger partial charge is 0.322 e. The molecule has 1 saturated carbocycles. The predicted octanol–water partition coefficient (Wildman–Crippen LogP) is 3.13. The van der Waals surface area contributed by atoms with Crippen LogP contribution in [0.25, 0.3) is 0 Å². The van der Waals surface area contributed by atoms with Gasteiger partial charge in [0.15, 0.2) is 0 Å². The monoisotopic (exact) mass is 255 g/mol. The Balaban J connectivity index is 2.57. The molecule has 0 aromatic heterocycles. The van der Waals surface area contributed by atoms with E-state index in [-0.39, 0.29) is 12.0 Å². The number of esters is 1. The summed E-state index contributed by atoms with van der Waals surface area (Å²) in [6, 6.07) is 0.311. The van der Waals surface area contributed by atoms with Gasteiger partial charge in [0.1, 0.15) is 6.04 Å². The molecule has 1 rings (SSSR count). The van der Waals surface area contributed by atoms with Crippen LogP contribution in [0.15, 0.2) is 0 Å². The van der Waals surface area contributed by atoms with Crippen molar-refractivity contribution in [3.05, 3.63) is 0 Å². The van der Waals surface area contributed by atoms with Gasteiger partial charge in [0, 0.05) is 6.04 Å². The topological polar surface area (TPSA) is 38.3 Å². The summed E-state index contributed by atoms with van der Waals surface area (Å²) in [7, 11) is 1.47. The highest BCUT2D eigenvalue weighted by atomic mass is 16.5. The van der Waals surface area contributed by atoms with Crippen LogP contribution in [0.2, 0.25) is 0 Å². The number of carbonyl (C=O) groups excluding carboxylic acids is 1. The molecule has 0 bridgehead atoms. The number of ether oxygens (including phenoxy) is 1. The van der Waals surface area contributed by atoms with Crippen LogP contribution in [-0.4, -0.2) is 25.2 Å². The summed E-state index contributed by atoms with van der Waals surface area (Å²) >= 11 is 0. The minimum absolute atomic E-state index is 0.118. The van der Waals surface area contributed by atoms with Gasteiger partial charge >= 0.3 is 5.97 Å². The molecule has 3 nitrogen and oxygen atoms in total. The number of nitrogens with one attached hydrogen (secondary N) is 1. The summed E-state index contributed by atoms with van der Waals surface area (Å²) in [6.45, 7) is 8.91. The first-order chi connectivity index (χ1) is 8.34. The van der Waals surface area contributed by atoms with Gasteiger partial charge in [-0.25, -0.2) is 0 Å². The number of hydrogen-bond acceptors (Lipinski definition) is 3. The Morgan fingerprint density at radius 3 is 2.61 bits per heavy atom. The van der Waals surface area contributed by atoms with Crippen molar-refractivity contribution < 1.29 is 9.53 Å². The molecule has 0 amide bonds. The van der Waals surface area contributed by atoms with Gasteiger partial charge in [-0.3, -0.25) is 4.79 Å². The molecule has 0 aromatic rings. The van der Waals surface area contributed by atoms with Crippen molar-refractivity contribution in [3.63, 3.8) is 0 Å². The van der Waals surface area contributed by atoms with Crippen LogP contribution in [0, 0.1) is 11.3 Å². The highest BCUT2D eigenvalue weighted by molar-refractivity contribution is 5.75. The van der Waals surface area contributed by atoms with Crippen LogP contribution in [0.4, 0.5) is 0 Å². The van der Waals surface area contributed by atoms with Gasteiger partial charge in [0.25, 0.3) is 0 Å². The quantitative estimate of drug-likeness (QED) is 0.767. The predicted molar refractivity (Wildman–Crippen MR) is 74.4 cm³/mol. The largest absolute Gasteiger partial charge is 0.468 e. The van der Waals surface area contributed by atoms with Crippen LogP contribution < -0.4 is 5.32 Å². The van der Waals surface area contributed by atoms with E-state index < -0.39 is 0 Å². The van der Waals surface area contributed by atoms with Crippen molar-refractivity contribution >= 4 is 5.97 Å². The fourth-order valence-electron chi connectivity index (χ4n) is 2.97. The van der Waals surface area contributed by atoms with Crippen molar-refractivity contribution in [2.75, 3.05) is 7.11 Å². The van der Waals surface area contributed by atoms with E-state index in [4.69, 9.17) is 4.74 Å². The van der Waals surface area contributed by atoms with E-state index in [9.17, 15) is 4.79 Å². The van der Waals surface area contributed by atoms with Gasteiger partial charge in [-0.15, -0.1) is 0 Å². The first-order valence-corrected chi connectivity index (χ1v) is 7.18. The van der Waals surface area contributed by atoms with Gasteiger partial charge in [-0.2, -0.15) is 0 Å². The Morgan fingerprint density at radius 2 is 2.11 bits per heavy atom. The molecule has 1 aliphatic carbocycles. The Hall–Kier alpha value is -0.570. The Labute approximate surface area is 112 Å². The molecular formula is C15H29NO2. The van der Waals surface area contributed by atoms with E-state index >= 15 is 0 Å². The van der Waals surface area contributed by atoms with Crippen molar-refractivity contribution in [3.8, 4) is 0 Å². The van der Waals surface area contributed by atoms with Gasteiger partial charge in [-0.1, -0.05) is 34.1 Å². The maximum Gasteiger partial charge on any atom is 0.322 e. The van der Waals surface area contributed by atoms with Gasteiger partial charge in [-0.05, 0) is 37.0 Å². The Bertz CT molecular complexity index is 274. The summed E-state index contributed by atoms with van der Waals surface area (Å²) in [5, 5.41) is 3.52. The maximum atomic E-state index is 11.8. The van der Waals surface area contributed by atoms with E-state index in [0.29, 0.717) is 17.4 Å². The minimum atomic E-state index is -0.145. The fourth-order valence-corrected chi connectivity index (χ4v) is 2.97. The summed E-state index contributed by atoms with van der Waals surface area (Å²) in [4.78, 5) is 11.8. The maximum absolute atomic E-state index is 11.8. The first-order valence-electron chi connectivity index (χ1n) is 7.18. The van der Waals surface area contributed by atoms with Crippen molar-refractivity contribution in [1.82, 2.24) is 5.32 Å². The molecule has 1 fully saturated rings. The number of methoxy groups -OCH3 is 1. The first kappa shape index (κ1) is 15.5. The molecule has 0 aromatic carbocycles. The van der Waals surface area contributed by atoms with E-state index in [1.165, 1.54) is 26.4 Å². The average molecular weight is 255 g/mol. The van der Waals surface area contributed by atoms with Crippen LogP contribution in [0.3, 0.4) is 0 Å². The normalized spacial score (nSPS) is 24.9. The van der Waals surface area contributed by atoms with E-state index in [1.54, 1.807) is 0 Å². The zero-order valence-electron chi connectivity index (χ0n) is 12.6. The van der Waals surface area contributed by atoms with Crippen LogP contribution in [0.5, 0.6) is 0 Å². The molecule has 0 heterocycles. The number of hydrogen-bond donors (Lipinski definition) is 1. The lowest BCUT2D eigenvalue weighted by Crippen LogP contribution is -2.47. The minimum Gasteiger partial charge on any atom is -0.468 e. The summed E-state index contributed by atoms with van der Waals surface area (Å²) in [6.07, 6.45) is 5.72. The molecule has 0 aliphatic heterocycles. The molecule has 2 unspecified atom stereocenters. The second-order valence-electron chi connectivity index (χ2n) is 6.83. The van der Waals surface area contributed by atoms with E-state index in [1.807, 2.05) is 0 Å². The highest BCUT2D eigenvalue weighted by Gasteiger charge is 2.31. The van der Waals surface area contributed by atoms with Crippen molar-refractivity contribution in [2.45, 2.75) is 71.9 Å². The molecular weight excluding hydrogens is 226 g/mol. The SMILES string of the molecule is COC(=O)C(CC(C)C)NC1CCCC(C)(C)C1. The third kappa shape index (κ3) is 4.97. The van der Waals surface area contributed by atoms with Crippen LogP contribution >= 0.6 is 0 Å². The molecule has 0 radical (unpaired) electrons. The van der Waals surface area contributed by atoms with Gasteiger partial charge in [0.2, 0.25) is 0 Å². The van der Waals surface area contributed by atoms with E-state index in [2.05, 4.69) is 33.0 Å². The molecule has 0 spiro atoms. The zero-order valence-corrected chi connectivity index (χ0v) is 12.6. The molecule has 2 atom stereocenters. The lowest BCUT2D eigenvalue weighted by atomic mass is 9.75. The second kappa shape index (κ2) is 6.55. The lowest BCUT2D eigenvalue weighted by molar-refractivity contribution is -0.144. The van der Waals surface area contributed by atoms with Crippen molar-refractivity contribution in [1.29, 1.82) is 0 Å². The third-order valence-corrected chi connectivity index (χ3v) is 3.83. The van der Waals surface area contributed by atoms with E-state index in [0.717, 1.165) is 12.8 Å². The van der Waals surface area contributed by atoms with Crippen molar-refractivity contribution in [2.24, 2.45) is 11.3 Å².